The second kappa shape index (κ2) is 11.6. The molecule has 0 aliphatic rings. The van der Waals surface area contributed by atoms with Crippen LogP contribution < -0.4 is 29.0 Å². The van der Waals surface area contributed by atoms with Gasteiger partial charge in [0.1, 0.15) is 11.5 Å². The Labute approximate surface area is 231 Å². The van der Waals surface area contributed by atoms with Crippen LogP contribution in [0.5, 0.6) is 28.7 Å². The minimum absolute atomic E-state index is 0.192. The number of halogens is 4. The zero-order valence-corrected chi connectivity index (χ0v) is 22.3. The van der Waals surface area contributed by atoms with Gasteiger partial charge in [-0.2, -0.15) is 0 Å². The van der Waals surface area contributed by atoms with E-state index in [1.165, 1.54) is 45.3 Å². The van der Waals surface area contributed by atoms with Crippen molar-refractivity contribution in [1.82, 2.24) is 14.8 Å². The second-order valence-corrected chi connectivity index (χ2v) is 8.34. The first-order valence-corrected chi connectivity index (χ1v) is 11.7. The average molecular weight is 579 g/mol. The van der Waals surface area contributed by atoms with Crippen molar-refractivity contribution in [3.8, 4) is 45.8 Å². The fourth-order valence-electron chi connectivity index (χ4n) is 3.70. The number of benzene rings is 3. The number of carbonyl (C=O) groups is 1. The van der Waals surface area contributed by atoms with Gasteiger partial charge in [0.15, 0.2) is 17.3 Å². The topological polar surface area (TPSA) is 106 Å². The summed E-state index contributed by atoms with van der Waals surface area (Å²) in [5.74, 6) is 0.271. The van der Waals surface area contributed by atoms with Gasteiger partial charge in [-0.1, -0.05) is 11.6 Å². The Balaban J connectivity index is 1.76. The van der Waals surface area contributed by atoms with Crippen LogP contribution >= 0.6 is 11.6 Å². The molecule has 0 aliphatic heterocycles. The van der Waals surface area contributed by atoms with Crippen molar-refractivity contribution in [1.29, 1.82) is 0 Å². The van der Waals surface area contributed by atoms with Gasteiger partial charge in [-0.15, -0.1) is 18.3 Å². The number of aromatic nitrogens is 3. The molecule has 0 unspecified atom stereocenters. The first-order chi connectivity index (χ1) is 19.1. The van der Waals surface area contributed by atoms with Crippen molar-refractivity contribution >= 4 is 23.2 Å². The third-order valence-corrected chi connectivity index (χ3v) is 5.75. The number of nitrogens with one attached hydrogen (secondary N) is 1. The molecule has 0 bridgehead atoms. The number of ether oxygens (including phenoxy) is 5. The van der Waals surface area contributed by atoms with Crippen LogP contribution in [0.3, 0.4) is 0 Å². The molecule has 210 valence electrons. The minimum atomic E-state index is -4.84. The predicted molar refractivity (Wildman–Crippen MR) is 139 cm³/mol. The molecule has 1 heterocycles. The SMILES string of the molecule is COc1ccc(-n2nc(C(=O)Nc3ccc(OC(F)(F)F)cc3)nc2-c2cc(OC)c(OC)c(OC)c2)cc1Cl. The predicted octanol–water partition coefficient (Wildman–Crippen LogP) is 5.77. The second-order valence-electron chi connectivity index (χ2n) is 7.93. The highest BCUT2D eigenvalue weighted by Gasteiger charge is 2.31. The van der Waals surface area contributed by atoms with E-state index in [1.807, 2.05) is 0 Å². The summed E-state index contributed by atoms with van der Waals surface area (Å²) in [5, 5.41) is 7.22. The van der Waals surface area contributed by atoms with Gasteiger partial charge in [-0.05, 0) is 54.6 Å². The van der Waals surface area contributed by atoms with Gasteiger partial charge < -0.3 is 29.0 Å². The van der Waals surface area contributed by atoms with Crippen molar-refractivity contribution in [3.63, 3.8) is 0 Å². The standard InChI is InChI=1S/C26H22ClF3N4O6/c1-36-19-10-7-16(13-18(19)27)34-24(14-11-20(37-2)22(39-4)21(12-14)38-3)32-23(33-34)25(35)31-15-5-8-17(9-6-15)40-26(28,29)30/h5-13H,1-4H3,(H,31,35). The highest BCUT2D eigenvalue weighted by atomic mass is 35.5. The molecule has 4 rings (SSSR count). The van der Waals surface area contributed by atoms with Crippen LogP contribution in [-0.2, 0) is 0 Å². The summed E-state index contributed by atoms with van der Waals surface area (Å²) in [6.07, 6.45) is -4.84. The molecule has 40 heavy (non-hydrogen) atoms. The molecule has 1 amide bonds. The number of methoxy groups -OCH3 is 4. The molecule has 0 saturated heterocycles. The summed E-state index contributed by atoms with van der Waals surface area (Å²) in [4.78, 5) is 17.5. The Bertz CT molecular complexity index is 1500. The number of anilines is 1. The minimum Gasteiger partial charge on any atom is -0.495 e. The largest absolute Gasteiger partial charge is 0.573 e. The van der Waals surface area contributed by atoms with E-state index >= 15 is 0 Å². The Morgan fingerprint density at radius 3 is 2.02 bits per heavy atom. The molecule has 4 aromatic rings. The summed E-state index contributed by atoms with van der Waals surface area (Å²) in [6.45, 7) is 0. The molecule has 0 saturated carbocycles. The molecule has 10 nitrogen and oxygen atoms in total. The van der Waals surface area contributed by atoms with Crippen molar-refractivity contribution in [2.24, 2.45) is 0 Å². The first kappa shape index (κ1) is 28.4. The van der Waals surface area contributed by atoms with E-state index in [-0.39, 0.29) is 17.3 Å². The first-order valence-electron chi connectivity index (χ1n) is 11.3. The molecule has 0 aliphatic carbocycles. The van der Waals surface area contributed by atoms with Crippen molar-refractivity contribution < 1.29 is 41.7 Å². The third kappa shape index (κ3) is 6.15. The van der Waals surface area contributed by atoms with Crippen LogP contribution in [0.1, 0.15) is 10.6 Å². The van der Waals surface area contributed by atoms with E-state index in [4.69, 9.17) is 30.5 Å². The van der Waals surface area contributed by atoms with Crippen LogP contribution in [-0.4, -0.2) is 55.5 Å². The quantitative estimate of drug-likeness (QED) is 0.267. The van der Waals surface area contributed by atoms with Gasteiger partial charge in [-0.3, -0.25) is 4.79 Å². The molecular formula is C26H22ClF3N4O6. The fourth-order valence-corrected chi connectivity index (χ4v) is 3.95. The Morgan fingerprint density at radius 2 is 1.50 bits per heavy atom. The highest BCUT2D eigenvalue weighted by molar-refractivity contribution is 6.32. The van der Waals surface area contributed by atoms with Crippen LogP contribution in [0, 0.1) is 0 Å². The zero-order valence-electron chi connectivity index (χ0n) is 21.5. The molecule has 0 radical (unpaired) electrons. The molecule has 0 atom stereocenters. The van der Waals surface area contributed by atoms with Crippen molar-refractivity contribution in [2.75, 3.05) is 33.8 Å². The van der Waals surface area contributed by atoms with Crippen LogP contribution in [0.2, 0.25) is 5.02 Å². The third-order valence-electron chi connectivity index (χ3n) is 5.46. The zero-order chi connectivity index (χ0) is 29.0. The maximum Gasteiger partial charge on any atom is 0.573 e. The van der Waals surface area contributed by atoms with Gasteiger partial charge in [0, 0.05) is 11.3 Å². The lowest BCUT2D eigenvalue weighted by atomic mass is 10.1. The molecular weight excluding hydrogens is 557 g/mol. The van der Waals surface area contributed by atoms with Crippen LogP contribution in [0.4, 0.5) is 18.9 Å². The maximum absolute atomic E-state index is 13.1. The molecule has 0 spiro atoms. The van der Waals surface area contributed by atoms with Gasteiger partial charge >= 0.3 is 6.36 Å². The van der Waals surface area contributed by atoms with E-state index in [0.29, 0.717) is 39.3 Å². The van der Waals surface area contributed by atoms with E-state index < -0.39 is 18.0 Å². The van der Waals surface area contributed by atoms with Gasteiger partial charge in [-0.25, -0.2) is 9.67 Å². The molecule has 0 fully saturated rings. The summed E-state index contributed by atoms with van der Waals surface area (Å²) >= 11 is 6.34. The van der Waals surface area contributed by atoms with E-state index in [1.54, 1.807) is 30.3 Å². The van der Waals surface area contributed by atoms with Gasteiger partial charge in [0.25, 0.3) is 5.91 Å². The monoisotopic (exact) mass is 578 g/mol. The normalized spacial score (nSPS) is 11.1. The number of rotatable bonds is 9. The number of nitrogens with zero attached hydrogens (tertiary/aromatic N) is 3. The Kier molecular flexibility index (Phi) is 8.24. The Morgan fingerprint density at radius 1 is 0.875 bits per heavy atom. The highest BCUT2D eigenvalue weighted by Crippen LogP contribution is 2.41. The fraction of sp³-hybridized carbons (Fsp3) is 0.192. The van der Waals surface area contributed by atoms with Gasteiger partial charge in [0.2, 0.25) is 11.6 Å². The molecule has 1 N–H and O–H groups in total. The number of hydrogen-bond acceptors (Lipinski definition) is 8. The molecule has 1 aromatic heterocycles. The summed E-state index contributed by atoms with van der Waals surface area (Å²) < 4.78 is 64.1. The lowest BCUT2D eigenvalue weighted by Crippen LogP contribution is -2.17. The average Bonchev–Trinajstić information content (AvgIpc) is 3.38. The lowest BCUT2D eigenvalue weighted by molar-refractivity contribution is -0.274. The number of hydrogen-bond donors (Lipinski definition) is 1. The van der Waals surface area contributed by atoms with Crippen LogP contribution in [0.15, 0.2) is 54.6 Å². The number of carbonyl (C=O) groups excluding carboxylic acids is 1. The Hall–Kier alpha value is -4.65. The van der Waals surface area contributed by atoms with E-state index in [0.717, 1.165) is 12.1 Å². The number of alkyl halides is 3. The van der Waals surface area contributed by atoms with Gasteiger partial charge in [0.05, 0.1) is 39.1 Å². The number of amides is 1. The summed E-state index contributed by atoms with van der Waals surface area (Å²) in [6, 6.07) is 12.8. The van der Waals surface area contributed by atoms with Crippen molar-refractivity contribution in [3.05, 3.63) is 65.4 Å². The van der Waals surface area contributed by atoms with Crippen LogP contribution in [0.25, 0.3) is 17.1 Å². The molecule has 3 aromatic carbocycles. The summed E-state index contributed by atoms with van der Waals surface area (Å²) in [5.41, 5.74) is 1.11. The van der Waals surface area contributed by atoms with E-state index in [9.17, 15) is 18.0 Å². The lowest BCUT2D eigenvalue weighted by Gasteiger charge is -2.14. The van der Waals surface area contributed by atoms with Crippen molar-refractivity contribution in [2.45, 2.75) is 6.36 Å². The smallest absolute Gasteiger partial charge is 0.495 e. The van der Waals surface area contributed by atoms with E-state index in [2.05, 4.69) is 20.1 Å². The maximum atomic E-state index is 13.1. The molecule has 14 heteroatoms. The summed E-state index contributed by atoms with van der Waals surface area (Å²) in [7, 11) is 5.85.